The summed E-state index contributed by atoms with van der Waals surface area (Å²) < 4.78 is 29.1. The lowest BCUT2D eigenvalue weighted by Gasteiger charge is -2.22. The van der Waals surface area contributed by atoms with Crippen molar-refractivity contribution in [2.45, 2.75) is 32.2 Å². The van der Waals surface area contributed by atoms with Crippen LogP contribution in [0.2, 0.25) is 0 Å². The van der Waals surface area contributed by atoms with Crippen LogP contribution in [0.15, 0.2) is 18.2 Å². The first kappa shape index (κ1) is 12.1. The van der Waals surface area contributed by atoms with Crippen molar-refractivity contribution in [3.8, 4) is 11.3 Å². The van der Waals surface area contributed by atoms with Crippen molar-refractivity contribution in [3.05, 3.63) is 35.7 Å². The van der Waals surface area contributed by atoms with Crippen LogP contribution >= 0.6 is 0 Å². The number of hydrogen-bond donors (Lipinski definition) is 1. The van der Waals surface area contributed by atoms with Crippen LogP contribution in [0.5, 0.6) is 0 Å². The first-order chi connectivity index (χ1) is 9.09. The molecule has 0 spiro atoms. The standard InChI is InChI=1S/C14H15F2N3/c1-8-4-2-7-11-18-13(14(17)19(8)11)9-5-3-6-10(15)12(9)16/h3,5-6,8H,2,4,7,17H2,1H3. The summed E-state index contributed by atoms with van der Waals surface area (Å²) >= 11 is 0. The molecule has 2 aromatic rings. The molecule has 1 aromatic heterocycles. The van der Waals surface area contributed by atoms with Gasteiger partial charge in [0, 0.05) is 18.0 Å². The van der Waals surface area contributed by atoms with E-state index in [0.717, 1.165) is 31.2 Å². The number of rotatable bonds is 1. The number of aryl methyl sites for hydroxylation is 1. The quantitative estimate of drug-likeness (QED) is 0.857. The number of fused-ring (bicyclic) bond motifs is 1. The van der Waals surface area contributed by atoms with Crippen LogP contribution in [0, 0.1) is 11.6 Å². The number of halogens is 2. The molecular weight excluding hydrogens is 248 g/mol. The summed E-state index contributed by atoms with van der Waals surface area (Å²) in [6.07, 6.45) is 2.90. The Morgan fingerprint density at radius 3 is 2.89 bits per heavy atom. The van der Waals surface area contributed by atoms with Gasteiger partial charge < -0.3 is 10.3 Å². The van der Waals surface area contributed by atoms with E-state index >= 15 is 0 Å². The number of nitrogens with two attached hydrogens (primary N) is 1. The third kappa shape index (κ3) is 1.80. The van der Waals surface area contributed by atoms with Gasteiger partial charge in [-0.1, -0.05) is 6.07 Å². The smallest absolute Gasteiger partial charge is 0.168 e. The van der Waals surface area contributed by atoms with E-state index in [-0.39, 0.29) is 11.6 Å². The first-order valence-corrected chi connectivity index (χ1v) is 6.40. The molecule has 100 valence electrons. The third-order valence-electron chi connectivity index (χ3n) is 3.69. The van der Waals surface area contributed by atoms with Crippen molar-refractivity contribution in [2.75, 3.05) is 5.73 Å². The Bertz CT molecular complexity index is 634. The van der Waals surface area contributed by atoms with E-state index < -0.39 is 11.6 Å². The molecule has 1 unspecified atom stereocenters. The van der Waals surface area contributed by atoms with E-state index in [0.29, 0.717) is 11.5 Å². The fourth-order valence-electron chi connectivity index (χ4n) is 2.73. The Balaban J connectivity index is 2.19. The average molecular weight is 263 g/mol. The number of nitrogens with zero attached hydrogens (tertiary/aromatic N) is 2. The highest BCUT2D eigenvalue weighted by Gasteiger charge is 2.25. The van der Waals surface area contributed by atoms with Crippen LogP contribution in [-0.2, 0) is 6.42 Å². The van der Waals surface area contributed by atoms with Gasteiger partial charge in [0.15, 0.2) is 11.6 Å². The van der Waals surface area contributed by atoms with Gasteiger partial charge in [-0.3, -0.25) is 0 Å². The van der Waals surface area contributed by atoms with Crippen LogP contribution in [0.1, 0.15) is 31.6 Å². The van der Waals surface area contributed by atoms with Crippen molar-refractivity contribution in [2.24, 2.45) is 0 Å². The lowest BCUT2D eigenvalue weighted by Crippen LogP contribution is -2.16. The Morgan fingerprint density at radius 1 is 1.37 bits per heavy atom. The summed E-state index contributed by atoms with van der Waals surface area (Å²) in [6.45, 7) is 2.06. The molecule has 5 heteroatoms. The zero-order valence-electron chi connectivity index (χ0n) is 10.7. The van der Waals surface area contributed by atoms with E-state index in [1.54, 1.807) is 0 Å². The Morgan fingerprint density at radius 2 is 2.16 bits per heavy atom. The summed E-state index contributed by atoms with van der Waals surface area (Å²) in [6, 6.07) is 4.32. The third-order valence-corrected chi connectivity index (χ3v) is 3.69. The normalized spacial score (nSPS) is 18.4. The Hall–Kier alpha value is -1.91. The summed E-state index contributed by atoms with van der Waals surface area (Å²) in [5.41, 5.74) is 6.56. The maximum atomic E-state index is 13.8. The minimum atomic E-state index is -0.891. The molecule has 19 heavy (non-hydrogen) atoms. The Kier molecular flexibility index (Phi) is 2.77. The second-order valence-electron chi connectivity index (χ2n) is 4.97. The average Bonchev–Trinajstić information content (AvgIpc) is 2.72. The molecule has 1 aliphatic rings. The molecule has 3 rings (SSSR count). The van der Waals surface area contributed by atoms with Gasteiger partial charge >= 0.3 is 0 Å². The minimum absolute atomic E-state index is 0.131. The van der Waals surface area contributed by atoms with Crippen LogP contribution in [0.4, 0.5) is 14.6 Å². The van der Waals surface area contributed by atoms with Gasteiger partial charge in [-0.2, -0.15) is 0 Å². The van der Waals surface area contributed by atoms with Crippen LogP contribution < -0.4 is 5.73 Å². The summed E-state index contributed by atoms with van der Waals surface area (Å²) in [5, 5.41) is 0. The number of nitrogen functional groups attached to an aromatic ring is 1. The first-order valence-electron chi connectivity index (χ1n) is 6.40. The summed E-state index contributed by atoms with van der Waals surface area (Å²) in [7, 11) is 0. The van der Waals surface area contributed by atoms with Crippen molar-refractivity contribution in [1.82, 2.24) is 9.55 Å². The maximum Gasteiger partial charge on any atom is 0.168 e. The summed E-state index contributed by atoms with van der Waals surface area (Å²) in [4.78, 5) is 4.40. The van der Waals surface area contributed by atoms with Crippen molar-refractivity contribution < 1.29 is 8.78 Å². The summed E-state index contributed by atoms with van der Waals surface area (Å²) in [5.74, 6) is -0.491. The number of anilines is 1. The SMILES string of the molecule is CC1CCCc2nc(-c3cccc(F)c3F)c(N)n21. The predicted molar refractivity (Wildman–Crippen MR) is 69.6 cm³/mol. The lowest BCUT2D eigenvalue weighted by atomic mass is 10.1. The van der Waals surface area contributed by atoms with Crippen LogP contribution in [0.25, 0.3) is 11.3 Å². The predicted octanol–water partition coefficient (Wildman–Crippen LogP) is 3.31. The topological polar surface area (TPSA) is 43.8 Å². The zero-order valence-corrected chi connectivity index (χ0v) is 10.7. The molecule has 1 aromatic carbocycles. The van der Waals surface area contributed by atoms with E-state index in [2.05, 4.69) is 11.9 Å². The van der Waals surface area contributed by atoms with E-state index in [9.17, 15) is 8.78 Å². The van der Waals surface area contributed by atoms with Crippen molar-refractivity contribution in [1.29, 1.82) is 0 Å². The van der Waals surface area contributed by atoms with Crippen LogP contribution in [0.3, 0.4) is 0 Å². The molecule has 2 N–H and O–H groups in total. The zero-order chi connectivity index (χ0) is 13.6. The molecule has 1 aliphatic heterocycles. The fourth-order valence-corrected chi connectivity index (χ4v) is 2.73. The molecule has 0 saturated carbocycles. The van der Waals surface area contributed by atoms with Gasteiger partial charge in [0.1, 0.15) is 17.3 Å². The van der Waals surface area contributed by atoms with Gasteiger partial charge in [-0.05, 0) is 31.9 Å². The molecule has 0 aliphatic carbocycles. The van der Waals surface area contributed by atoms with E-state index in [1.807, 2.05) is 4.57 Å². The molecule has 0 fully saturated rings. The highest BCUT2D eigenvalue weighted by Crippen LogP contribution is 2.35. The molecule has 0 bridgehead atoms. The molecule has 0 saturated heterocycles. The number of aromatic nitrogens is 2. The minimum Gasteiger partial charge on any atom is -0.383 e. The van der Waals surface area contributed by atoms with E-state index in [1.165, 1.54) is 12.1 Å². The molecular formula is C14H15F2N3. The Labute approximate surface area is 110 Å². The lowest BCUT2D eigenvalue weighted by molar-refractivity contribution is 0.430. The van der Waals surface area contributed by atoms with Crippen molar-refractivity contribution in [3.63, 3.8) is 0 Å². The number of benzene rings is 1. The second kappa shape index (κ2) is 4.33. The fraction of sp³-hybridized carbons (Fsp3) is 0.357. The molecule has 3 nitrogen and oxygen atoms in total. The van der Waals surface area contributed by atoms with Gasteiger partial charge in [-0.25, -0.2) is 13.8 Å². The van der Waals surface area contributed by atoms with Gasteiger partial charge in [0.2, 0.25) is 0 Å². The highest BCUT2D eigenvalue weighted by molar-refractivity contribution is 5.71. The molecule has 2 heterocycles. The highest BCUT2D eigenvalue weighted by atomic mass is 19.2. The molecule has 1 atom stereocenters. The molecule has 0 amide bonds. The monoisotopic (exact) mass is 263 g/mol. The maximum absolute atomic E-state index is 13.8. The van der Waals surface area contributed by atoms with Gasteiger partial charge in [-0.15, -0.1) is 0 Å². The van der Waals surface area contributed by atoms with Gasteiger partial charge in [0.05, 0.1) is 0 Å². The number of imidazole rings is 1. The molecule has 0 radical (unpaired) electrons. The largest absolute Gasteiger partial charge is 0.383 e. The van der Waals surface area contributed by atoms with Crippen LogP contribution in [-0.4, -0.2) is 9.55 Å². The van der Waals surface area contributed by atoms with E-state index in [4.69, 9.17) is 5.73 Å². The number of hydrogen-bond acceptors (Lipinski definition) is 2. The van der Waals surface area contributed by atoms with Gasteiger partial charge in [0.25, 0.3) is 0 Å². The van der Waals surface area contributed by atoms with Crippen molar-refractivity contribution >= 4 is 5.82 Å². The second-order valence-corrected chi connectivity index (χ2v) is 4.97.